The Kier molecular flexibility index (Phi) is 6.04. The largest absolute Gasteiger partial charge is 0.452 e. The number of nitriles is 1. The highest BCUT2D eigenvalue weighted by atomic mass is 32.1. The number of rotatable bonds is 4. The van der Waals surface area contributed by atoms with Gasteiger partial charge in [0.15, 0.2) is 6.61 Å². The number of ether oxygens (including phenoxy) is 1. The topological polar surface area (TPSA) is 79.2 Å². The Hall–Kier alpha value is -2.72. The van der Waals surface area contributed by atoms with Gasteiger partial charge in [0.25, 0.3) is 5.91 Å². The molecule has 1 atom stereocenters. The summed E-state index contributed by atoms with van der Waals surface area (Å²) >= 11 is 1.43. The van der Waals surface area contributed by atoms with Crippen LogP contribution in [0.1, 0.15) is 53.6 Å². The van der Waals surface area contributed by atoms with Gasteiger partial charge in [-0.1, -0.05) is 20.8 Å². The van der Waals surface area contributed by atoms with Crippen LogP contribution in [0.25, 0.3) is 0 Å². The second kappa shape index (κ2) is 8.34. The van der Waals surface area contributed by atoms with Crippen LogP contribution in [-0.2, 0) is 22.4 Å². The van der Waals surface area contributed by atoms with E-state index in [0.29, 0.717) is 16.5 Å². The van der Waals surface area contributed by atoms with Gasteiger partial charge in [0.2, 0.25) is 0 Å². The molecule has 1 amide bonds. The smallest absolute Gasteiger partial charge is 0.338 e. The van der Waals surface area contributed by atoms with Gasteiger partial charge in [-0.25, -0.2) is 9.18 Å². The van der Waals surface area contributed by atoms with Crippen molar-refractivity contribution in [2.45, 2.75) is 40.0 Å². The Bertz CT molecular complexity index is 968. The maximum absolute atomic E-state index is 12.9. The van der Waals surface area contributed by atoms with E-state index < -0.39 is 24.3 Å². The average molecular weight is 415 g/mol. The molecule has 0 fully saturated rings. The first-order chi connectivity index (χ1) is 13.7. The van der Waals surface area contributed by atoms with Gasteiger partial charge >= 0.3 is 5.97 Å². The fourth-order valence-corrected chi connectivity index (χ4v) is 4.79. The molecular formula is C22H23FN2O3S. The normalized spacial score (nSPS) is 15.9. The quantitative estimate of drug-likeness (QED) is 0.735. The van der Waals surface area contributed by atoms with Crippen LogP contribution in [0, 0.1) is 28.5 Å². The van der Waals surface area contributed by atoms with Crippen molar-refractivity contribution in [1.82, 2.24) is 0 Å². The monoisotopic (exact) mass is 414 g/mol. The number of amides is 1. The molecule has 1 aliphatic carbocycles. The third-order valence-electron chi connectivity index (χ3n) is 5.27. The fraction of sp³-hybridized carbons (Fsp3) is 0.409. The summed E-state index contributed by atoms with van der Waals surface area (Å²) in [6.07, 6.45) is 2.74. The van der Waals surface area contributed by atoms with E-state index in [1.807, 2.05) is 0 Å². The Morgan fingerprint density at radius 1 is 1.31 bits per heavy atom. The van der Waals surface area contributed by atoms with Crippen molar-refractivity contribution in [3.63, 3.8) is 0 Å². The number of carbonyl (C=O) groups excluding carboxylic acids is 2. The SMILES string of the molecule is CC(C)(C)C1CCc2c(sc(NC(=O)COC(=O)c3ccc(F)cc3)c2C#N)C1. The lowest BCUT2D eigenvalue weighted by molar-refractivity contribution is -0.119. The Morgan fingerprint density at radius 3 is 2.62 bits per heavy atom. The molecule has 5 nitrogen and oxygen atoms in total. The van der Waals surface area contributed by atoms with Gasteiger partial charge in [0.1, 0.15) is 16.9 Å². The molecule has 2 aromatic rings. The van der Waals surface area contributed by atoms with Crippen LogP contribution in [0.15, 0.2) is 24.3 Å². The number of carbonyl (C=O) groups is 2. The molecule has 0 aliphatic heterocycles. The van der Waals surface area contributed by atoms with Crippen molar-refractivity contribution in [2.24, 2.45) is 11.3 Å². The standard InChI is InChI=1S/C22H23FN2O3S/c1-22(2,3)14-6-9-16-17(11-24)20(29-18(16)10-14)25-19(26)12-28-21(27)13-4-7-15(23)8-5-13/h4-5,7-8,14H,6,9-10,12H2,1-3H3,(H,25,26). The molecule has 1 aromatic heterocycles. The fourth-order valence-electron chi connectivity index (χ4n) is 3.49. The summed E-state index contributed by atoms with van der Waals surface area (Å²) in [5.41, 5.74) is 1.89. The minimum Gasteiger partial charge on any atom is -0.452 e. The van der Waals surface area contributed by atoms with Crippen molar-refractivity contribution >= 4 is 28.2 Å². The molecule has 0 radical (unpaired) electrons. The second-order valence-electron chi connectivity index (χ2n) is 8.26. The van der Waals surface area contributed by atoms with Crippen LogP contribution in [-0.4, -0.2) is 18.5 Å². The third kappa shape index (κ3) is 4.83. The molecule has 1 aliphatic rings. The van der Waals surface area contributed by atoms with Crippen LogP contribution in [0.2, 0.25) is 0 Å². The number of anilines is 1. The molecule has 0 saturated carbocycles. The summed E-state index contributed by atoms with van der Waals surface area (Å²) in [5.74, 6) is -1.15. The van der Waals surface area contributed by atoms with Gasteiger partial charge in [0.05, 0.1) is 11.1 Å². The van der Waals surface area contributed by atoms with Crippen LogP contribution in [0.4, 0.5) is 9.39 Å². The zero-order valence-corrected chi connectivity index (χ0v) is 17.5. The highest BCUT2D eigenvalue weighted by Gasteiger charge is 2.32. The van der Waals surface area contributed by atoms with Gasteiger partial charge < -0.3 is 10.1 Å². The van der Waals surface area contributed by atoms with Gasteiger partial charge in [-0.05, 0) is 60.4 Å². The van der Waals surface area contributed by atoms with E-state index >= 15 is 0 Å². The van der Waals surface area contributed by atoms with E-state index in [2.05, 4.69) is 32.2 Å². The van der Waals surface area contributed by atoms with Crippen LogP contribution < -0.4 is 5.32 Å². The van der Waals surface area contributed by atoms with Crippen molar-refractivity contribution < 1.29 is 18.7 Å². The first-order valence-corrected chi connectivity index (χ1v) is 10.3. The lowest BCUT2D eigenvalue weighted by Crippen LogP contribution is -2.26. The molecule has 0 saturated heterocycles. The minimum absolute atomic E-state index is 0.164. The molecule has 0 spiro atoms. The number of halogens is 1. The van der Waals surface area contributed by atoms with E-state index in [1.165, 1.54) is 23.5 Å². The second-order valence-corrected chi connectivity index (χ2v) is 9.36. The number of nitrogens with one attached hydrogen (secondary N) is 1. The molecule has 1 heterocycles. The average Bonchev–Trinajstić information content (AvgIpc) is 3.02. The summed E-state index contributed by atoms with van der Waals surface area (Å²) < 4.78 is 17.9. The molecule has 7 heteroatoms. The Balaban J connectivity index is 1.65. The van der Waals surface area contributed by atoms with E-state index in [4.69, 9.17) is 4.74 Å². The number of esters is 1. The summed E-state index contributed by atoms with van der Waals surface area (Å²) in [7, 11) is 0. The first-order valence-electron chi connectivity index (χ1n) is 9.46. The predicted molar refractivity (Wildman–Crippen MR) is 109 cm³/mol. The molecule has 1 N–H and O–H groups in total. The number of thiophene rings is 1. The summed E-state index contributed by atoms with van der Waals surface area (Å²) in [5, 5.41) is 12.8. The van der Waals surface area contributed by atoms with E-state index in [9.17, 15) is 19.2 Å². The zero-order valence-electron chi connectivity index (χ0n) is 16.7. The number of hydrogen-bond acceptors (Lipinski definition) is 5. The molecule has 29 heavy (non-hydrogen) atoms. The first kappa shape index (κ1) is 21.0. The number of fused-ring (bicyclic) bond motifs is 1. The van der Waals surface area contributed by atoms with Crippen molar-refractivity contribution in [3.8, 4) is 6.07 Å². The zero-order chi connectivity index (χ0) is 21.2. The minimum atomic E-state index is -0.709. The van der Waals surface area contributed by atoms with E-state index in [-0.39, 0.29) is 11.0 Å². The number of hydrogen-bond donors (Lipinski definition) is 1. The lowest BCUT2D eigenvalue weighted by atomic mass is 9.72. The van der Waals surface area contributed by atoms with E-state index in [1.54, 1.807) is 0 Å². The summed E-state index contributed by atoms with van der Waals surface area (Å²) in [6, 6.07) is 7.10. The Labute approximate surface area is 173 Å². The Morgan fingerprint density at radius 2 is 2.00 bits per heavy atom. The van der Waals surface area contributed by atoms with Gasteiger partial charge in [0, 0.05) is 4.88 Å². The molecule has 152 valence electrons. The summed E-state index contributed by atoms with van der Waals surface area (Å²) in [4.78, 5) is 25.4. The molecule has 3 rings (SSSR count). The molecule has 1 unspecified atom stereocenters. The highest BCUT2D eigenvalue weighted by molar-refractivity contribution is 7.16. The number of nitrogens with zero attached hydrogens (tertiary/aromatic N) is 1. The van der Waals surface area contributed by atoms with Crippen LogP contribution >= 0.6 is 11.3 Å². The molecule has 1 aromatic carbocycles. The maximum Gasteiger partial charge on any atom is 0.338 e. The van der Waals surface area contributed by atoms with Gasteiger partial charge in [-0.2, -0.15) is 5.26 Å². The van der Waals surface area contributed by atoms with Gasteiger partial charge in [-0.3, -0.25) is 4.79 Å². The predicted octanol–water partition coefficient (Wildman–Crippen LogP) is 4.71. The van der Waals surface area contributed by atoms with Crippen molar-refractivity contribution in [3.05, 3.63) is 51.7 Å². The van der Waals surface area contributed by atoms with Crippen molar-refractivity contribution in [2.75, 3.05) is 11.9 Å². The highest BCUT2D eigenvalue weighted by Crippen LogP contribution is 2.43. The third-order valence-corrected chi connectivity index (χ3v) is 6.44. The molecule has 0 bridgehead atoms. The van der Waals surface area contributed by atoms with E-state index in [0.717, 1.165) is 41.8 Å². The van der Waals surface area contributed by atoms with Gasteiger partial charge in [-0.15, -0.1) is 11.3 Å². The molecular weight excluding hydrogens is 391 g/mol. The van der Waals surface area contributed by atoms with Crippen LogP contribution in [0.5, 0.6) is 0 Å². The lowest BCUT2D eigenvalue weighted by Gasteiger charge is -2.33. The summed E-state index contributed by atoms with van der Waals surface area (Å²) in [6.45, 7) is 6.19. The van der Waals surface area contributed by atoms with Crippen LogP contribution in [0.3, 0.4) is 0 Å². The van der Waals surface area contributed by atoms with Crippen molar-refractivity contribution in [1.29, 1.82) is 5.26 Å². The number of benzene rings is 1. The maximum atomic E-state index is 12.9.